The minimum Gasteiger partial charge on any atom is -0.354 e. The summed E-state index contributed by atoms with van der Waals surface area (Å²) in [6.45, 7) is 6.77. The molecule has 0 saturated carbocycles. The molecule has 0 saturated heterocycles. The fourth-order valence-electron chi connectivity index (χ4n) is 2.91. The van der Waals surface area contributed by atoms with Crippen LogP contribution in [0.3, 0.4) is 0 Å². The molecule has 0 spiro atoms. The van der Waals surface area contributed by atoms with Crippen molar-refractivity contribution in [2.45, 2.75) is 52.6 Å². The summed E-state index contributed by atoms with van der Waals surface area (Å²) in [5.41, 5.74) is 2.90. The molecule has 0 aliphatic carbocycles. The van der Waals surface area contributed by atoms with Crippen molar-refractivity contribution < 1.29 is 9.59 Å². The Morgan fingerprint density at radius 2 is 1.79 bits per heavy atom. The average Bonchev–Trinajstić information content (AvgIpc) is 2.68. The Kier molecular flexibility index (Phi) is 8.52. The molecule has 0 heterocycles. The Bertz CT molecular complexity index is 789. The lowest BCUT2D eigenvalue weighted by atomic mass is 10.1. The number of halogens is 1. The summed E-state index contributed by atoms with van der Waals surface area (Å²) in [6.07, 6.45) is 2.17. The van der Waals surface area contributed by atoms with Gasteiger partial charge in [-0.15, -0.1) is 0 Å². The van der Waals surface area contributed by atoms with Crippen LogP contribution in [0, 0.1) is 6.92 Å². The average molecular weight is 401 g/mol. The van der Waals surface area contributed by atoms with E-state index in [1.807, 2.05) is 49.4 Å². The Morgan fingerprint density at radius 3 is 2.43 bits per heavy atom. The Balaban J connectivity index is 2.19. The maximum absolute atomic E-state index is 13.1. The third-order valence-corrected chi connectivity index (χ3v) is 5.14. The molecule has 2 amide bonds. The zero-order chi connectivity index (χ0) is 20.5. The van der Waals surface area contributed by atoms with E-state index in [1.165, 1.54) is 0 Å². The van der Waals surface area contributed by atoms with Crippen molar-refractivity contribution in [3.8, 4) is 0 Å². The summed E-state index contributed by atoms with van der Waals surface area (Å²) in [6, 6.07) is 14.7. The highest BCUT2D eigenvalue weighted by atomic mass is 35.5. The normalized spacial score (nSPS) is 11.7. The second kappa shape index (κ2) is 10.9. The summed E-state index contributed by atoms with van der Waals surface area (Å²) in [7, 11) is 0. The number of aryl methyl sites for hydroxylation is 1. The van der Waals surface area contributed by atoms with Crippen LogP contribution in [-0.4, -0.2) is 29.3 Å². The maximum atomic E-state index is 13.1. The fraction of sp³-hybridized carbons (Fsp3) is 0.391. The summed E-state index contributed by atoms with van der Waals surface area (Å²) < 4.78 is 0. The molecule has 1 atom stereocenters. The van der Waals surface area contributed by atoms with Gasteiger partial charge < -0.3 is 10.2 Å². The van der Waals surface area contributed by atoms with Crippen LogP contribution in [-0.2, 0) is 22.6 Å². The van der Waals surface area contributed by atoms with Crippen molar-refractivity contribution in [3.63, 3.8) is 0 Å². The number of hydrogen-bond donors (Lipinski definition) is 1. The lowest BCUT2D eigenvalue weighted by Crippen LogP contribution is -2.48. The van der Waals surface area contributed by atoms with Crippen LogP contribution in [0.25, 0.3) is 0 Å². The molecule has 1 N–H and O–H groups in total. The minimum absolute atomic E-state index is 0.0954. The number of nitrogens with zero attached hydrogens (tertiary/aromatic N) is 1. The summed E-state index contributed by atoms with van der Waals surface area (Å²) in [4.78, 5) is 27.3. The first-order chi connectivity index (χ1) is 13.4. The second-order valence-electron chi connectivity index (χ2n) is 7.10. The quantitative estimate of drug-likeness (QED) is 0.629. The van der Waals surface area contributed by atoms with E-state index in [9.17, 15) is 9.59 Å². The molecule has 4 nitrogen and oxygen atoms in total. The van der Waals surface area contributed by atoms with Gasteiger partial charge in [-0.2, -0.15) is 0 Å². The number of unbranched alkanes of at least 4 members (excludes halogenated alkanes) is 1. The maximum Gasteiger partial charge on any atom is 0.242 e. The van der Waals surface area contributed by atoms with E-state index in [0.29, 0.717) is 18.1 Å². The van der Waals surface area contributed by atoms with Crippen LogP contribution in [0.15, 0.2) is 48.5 Å². The van der Waals surface area contributed by atoms with Crippen molar-refractivity contribution >= 4 is 23.4 Å². The van der Waals surface area contributed by atoms with Crippen molar-refractivity contribution in [2.75, 3.05) is 6.54 Å². The predicted octanol–water partition coefficient (Wildman–Crippen LogP) is 4.52. The number of rotatable bonds is 9. The Hall–Kier alpha value is -2.33. The van der Waals surface area contributed by atoms with Gasteiger partial charge in [-0.05, 0) is 37.5 Å². The zero-order valence-electron chi connectivity index (χ0n) is 16.9. The molecule has 2 aromatic rings. The largest absolute Gasteiger partial charge is 0.354 e. The van der Waals surface area contributed by atoms with Gasteiger partial charge in [-0.25, -0.2) is 0 Å². The van der Waals surface area contributed by atoms with Gasteiger partial charge in [0.05, 0.1) is 6.42 Å². The van der Waals surface area contributed by atoms with Gasteiger partial charge in [0.25, 0.3) is 0 Å². The molecule has 2 rings (SSSR count). The number of hydrogen-bond acceptors (Lipinski definition) is 2. The Morgan fingerprint density at radius 1 is 1.11 bits per heavy atom. The molecule has 0 aromatic heterocycles. The summed E-state index contributed by atoms with van der Waals surface area (Å²) >= 11 is 6.30. The van der Waals surface area contributed by atoms with Gasteiger partial charge in [-0.3, -0.25) is 9.59 Å². The number of benzene rings is 2. The molecular formula is C23H29ClN2O2. The lowest BCUT2D eigenvalue weighted by Gasteiger charge is -2.29. The zero-order valence-corrected chi connectivity index (χ0v) is 17.6. The second-order valence-corrected chi connectivity index (χ2v) is 7.50. The van der Waals surface area contributed by atoms with E-state index in [4.69, 9.17) is 11.6 Å². The van der Waals surface area contributed by atoms with Crippen LogP contribution >= 0.6 is 11.6 Å². The first kappa shape index (κ1) is 22.0. The lowest BCUT2D eigenvalue weighted by molar-refractivity contribution is -0.140. The molecule has 0 fully saturated rings. The molecule has 0 aliphatic rings. The molecule has 5 heteroatoms. The minimum atomic E-state index is -0.578. The standard InChI is InChI=1S/C23H29ClN2O2/c1-4-5-14-25-23(28)18(3)26(16-20-8-6-7-9-21(20)24)22(27)15-19-12-10-17(2)11-13-19/h6-13,18H,4-5,14-16H2,1-3H3,(H,25,28). The van der Waals surface area contributed by atoms with Gasteiger partial charge in [0.1, 0.15) is 6.04 Å². The fourth-order valence-corrected chi connectivity index (χ4v) is 3.11. The highest BCUT2D eigenvalue weighted by Crippen LogP contribution is 2.19. The van der Waals surface area contributed by atoms with Crippen LogP contribution in [0.4, 0.5) is 0 Å². The van der Waals surface area contributed by atoms with Crippen molar-refractivity contribution in [3.05, 3.63) is 70.2 Å². The van der Waals surface area contributed by atoms with Gasteiger partial charge in [-0.1, -0.05) is 73.0 Å². The molecule has 150 valence electrons. The molecule has 0 aliphatic heterocycles. The topological polar surface area (TPSA) is 49.4 Å². The van der Waals surface area contributed by atoms with Gasteiger partial charge in [0.2, 0.25) is 11.8 Å². The monoisotopic (exact) mass is 400 g/mol. The van der Waals surface area contributed by atoms with E-state index in [0.717, 1.165) is 29.5 Å². The van der Waals surface area contributed by atoms with E-state index in [-0.39, 0.29) is 18.2 Å². The third-order valence-electron chi connectivity index (χ3n) is 4.77. The molecule has 0 bridgehead atoms. The van der Waals surface area contributed by atoms with E-state index < -0.39 is 6.04 Å². The number of carbonyl (C=O) groups excluding carboxylic acids is 2. The van der Waals surface area contributed by atoms with Crippen LogP contribution in [0.1, 0.15) is 43.4 Å². The van der Waals surface area contributed by atoms with Crippen molar-refractivity contribution in [1.29, 1.82) is 0 Å². The van der Waals surface area contributed by atoms with E-state index in [1.54, 1.807) is 17.9 Å². The number of nitrogens with one attached hydrogen (secondary N) is 1. The predicted molar refractivity (Wildman–Crippen MR) is 114 cm³/mol. The van der Waals surface area contributed by atoms with Crippen LogP contribution in [0.5, 0.6) is 0 Å². The van der Waals surface area contributed by atoms with Crippen molar-refractivity contribution in [2.24, 2.45) is 0 Å². The summed E-state index contributed by atoms with van der Waals surface area (Å²) in [5.74, 6) is -0.236. The number of carbonyl (C=O) groups is 2. The molecule has 0 radical (unpaired) electrons. The third kappa shape index (κ3) is 6.38. The van der Waals surface area contributed by atoms with Crippen molar-refractivity contribution in [1.82, 2.24) is 10.2 Å². The highest BCUT2D eigenvalue weighted by molar-refractivity contribution is 6.31. The molecular weight excluding hydrogens is 372 g/mol. The summed E-state index contributed by atoms with van der Waals surface area (Å²) in [5, 5.41) is 3.52. The van der Waals surface area contributed by atoms with Crippen LogP contribution in [0.2, 0.25) is 5.02 Å². The molecule has 1 unspecified atom stereocenters. The van der Waals surface area contributed by atoms with E-state index in [2.05, 4.69) is 12.2 Å². The van der Waals surface area contributed by atoms with Gasteiger partial charge in [0, 0.05) is 18.1 Å². The first-order valence-electron chi connectivity index (χ1n) is 9.78. The van der Waals surface area contributed by atoms with Crippen LogP contribution < -0.4 is 5.32 Å². The SMILES string of the molecule is CCCCNC(=O)C(C)N(Cc1ccccc1Cl)C(=O)Cc1ccc(C)cc1. The highest BCUT2D eigenvalue weighted by Gasteiger charge is 2.26. The first-order valence-corrected chi connectivity index (χ1v) is 10.2. The van der Waals surface area contributed by atoms with Gasteiger partial charge >= 0.3 is 0 Å². The smallest absolute Gasteiger partial charge is 0.242 e. The molecule has 28 heavy (non-hydrogen) atoms. The molecule has 2 aromatic carbocycles. The van der Waals surface area contributed by atoms with E-state index >= 15 is 0 Å². The number of amides is 2. The Labute approximate surface area is 172 Å². The van der Waals surface area contributed by atoms with Gasteiger partial charge in [0.15, 0.2) is 0 Å².